The van der Waals surface area contributed by atoms with E-state index in [-0.39, 0.29) is 35.4 Å². The van der Waals surface area contributed by atoms with Gasteiger partial charge in [-0.3, -0.25) is 14.5 Å². The van der Waals surface area contributed by atoms with Crippen molar-refractivity contribution in [3.63, 3.8) is 0 Å². The molecule has 1 aliphatic rings. The van der Waals surface area contributed by atoms with E-state index in [0.717, 1.165) is 17.7 Å². The van der Waals surface area contributed by atoms with E-state index in [0.29, 0.717) is 18.0 Å². The number of fused-ring (bicyclic) bond motifs is 1. The van der Waals surface area contributed by atoms with Gasteiger partial charge in [-0.25, -0.2) is 4.79 Å². The number of carbonyl (C=O) groups excluding carboxylic acids is 3. The number of aromatic nitrogens is 2. The van der Waals surface area contributed by atoms with Crippen LogP contribution in [0.15, 0.2) is 40.2 Å². The van der Waals surface area contributed by atoms with E-state index in [4.69, 9.17) is 9.26 Å². The highest BCUT2D eigenvalue weighted by Crippen LogP contribution is 2.25. The number of benzene rings is 1. The van der Waals surface area contributed by atoms with Gasteiger partial charge in [0.2, 0.25) is 5.82 Å². The Kier molecular flexibility index (Phi) is 5.22. The number of unbranched alkanes of at least 4 members (excludes halogenated alkanes) is 1. The van der Waals surface area contributed by atoms with E-state index >= 15 is 0 Å². The van der Waals surface area contributed by atoms with Crippen LogP contribution in [0.1, 0.15) is 56.7 Å². The van der Waals surface area contributed by atoms with Crippen LogP contribution < -0.4 is 0 Å². The SMILES string of the molecule is CCCCN1C(=O)c2ccc(C(=O)OCc3noc(-c4cccs4)n3)cc2C1=O. The zero-order chi connectivity index (χ0) is 20.4. The largest absolute Gasteiger partial charge is 0.454 e. The maximum atomic E-state index is 12.5. The van der Waals surface area contributed by atoms with Crippen LogP contribution >= 0.6 is 11.3 Å². The summed E-state index contributed by atoms with van der Waals surface area (Å²) >= 11 is 1.46. The molecule has 9 heteroatoms. The Hall–Kier alpha value is -3.33. The van der Waals surface area contributed by atoms with Crippen LogP contribution in [0.5, 0.6) is 0 Å². The molecule has 4 rings (SSSR count). The number of rotatable bonds is 7. The minimum Gasteiger partial charge on any atom is -0.454 e. The van der Waals surface area contributed by atoms with E-state index < -0.39 is 5.97 Å². The molecule has 148 valence electrons. The van der Waals surface area contributed by atoms with E-state index in [1.807, 2.05) is 24.4 Å². The minimum atomic E-state index is -0.637. The van der Waals surface area contributed by atoms with Gasteiger partial charge in [-0.1, -0.05) is 24.6 Å². The third-order valence-corrected chi connectivity index (χ3v) is 5.33. The molecule has 29 heavy (non-hydrogen) atoms. The van der Waals surface area contributed by atoms with Crippen LogP contribution in [-0.2, 0) is 11.3 Å². The molecule has 8 nitrogen and oxygen atoms in total. The summed E-state index contributed by atoms with van der Waals surface area (Å²) in [5, 5.41) is 5.69. The van der Waals surface area contributed by atoms with Crippen molar-refractivity contribution in [3.8, 4) is 10.8 Å². The van der Waals surface area contributed by atoms with E-state index in [9.17, 15) is 14.4 Å². The Labute approximate surface area is 170 Å². The summed E-state index contributed by atoms with van der Waals surface area (Å²) in [7, 11) is 0. The first-order valence-corrected chi connectivity index (χ1v) is 10.00. The highest BCUT2D eigenvalue weighted by atomic mass is 32.1. The van der Waals surface area contributed by atoms with Crippen LogP contribution in [0.4, 0.5) is 0 Å². The second-order valence-electron chi connectivity index (χ2n) is 6.45. The monoisotopic (exact) mass is 411 g/mol. The zero-order valence-electron chi connectivity index (χ0n) is 15.6. The molecule has 0 fully saturated rings. The summed E-state index contributed by atoms with van der Waals surface area (Å²) in [5.41, 5.74) is 0.714. The number of nitrogens with zero attached hydrogens (tertiary/aromatic N) is 3. The first-order chi connectivity index (χ1) is 14.1. The van der Waals surface area contributed by atoms with Crippen molar-refractivity contribution in [2.75, 3.05) is 6.54 Å². The van der Waals surface area contributed by atoms with Crippen molar-refractivity contribution >= 4 is 29.1 Å². The van der Waals surface area contributed by atoms with Gasteiger partial charge in [0.1, 0.15) is 0 Å². The minimum absolute atomic E-state index is 0.166. The van der Waals surface area contributed by atoms with Gasteiger partial charge in [0, 0.05) is 6.54 Å². The fraction of sp³-hybridized carbons (Fsp3) is 0.250. The molecule has 2 amide bonds. The number of hydrogen-bond donors (Lipinski definition) is 0. The number of ether oxygens (including phenoxy) is 1. The van der Waals surface area contributed by atoms with Gasteiger partial charge in [-0.15, -0.1) is 11.3 Å². The van der Waals surface area contributed by atoms with Gasteiger partial charge < -0.3 is 9.26 Å². The molecule has 0 radical (unpaired) electrons. The van der Waals surface area contributed by atoms with Gasteiger partial charge in [0.15, 0.2) is 6.61 Å². The standard InChI is InChI=1S/C20H17N3O5S/c1-2-3-8-23-18(24)13-7-6-12(10-14(13)19(23)25)20(26)27-11-16-21-17(28-22-16)15-5-4-9-29-15/h4-7,9-10H,2-3,8,11H2,1H3. The molecule has 0 bridgehead atoms. The highest BCUT2D eigenvalue weighted by molar-refractivity contribution is 7.13. The number of esters is 1. The molecular formula is C20H17N3O5S. The van der Waals surface area contributed by atoms with Crippen molar-refractivity contribution in [1.29, 1.82) is 0 Å². The van der Waals surface area contributed by atoms with Gasteiger partial charge in [-0.2, -0.15) is 4.98 Å². The normalized spacial score (nSPS) is 13.1. The highest BCUT2D eigenvalue weighted by Gasteiger charge is 2.35. The van der Waals surface area contributed by atoms with Gasteiger partial charge in [0.05, 0.1) is 21.6 Å². The lowest BCUT2D eigenvalue weighted by Crippen LogP contribution is -2.30. The smallest absolute Gasteiger partial charge is 0.338 e. The molecular weight excluding hydrogens is 394 g/mol. The fourth-order valence-electron chi connectivity index (χ4n) is 2.96. The third-order valence-electron chi connectivity index (χ3n) is 4.47. The van der Waals surface area contributed by atoms with Crippen molar-refractivity contribution < 1.29 is 23.6 Å². The summed E-state index contributed by atoms with van der Waals surface area (Å²) in [4.78, 5) is 43.5. The van der Waals surface area contributed by atoms with Crippen molar-refractivity contribution in [3.05, 3.63) is 58.2 Å². The Morgan fingerprint density at radius 2 is 2.03 bits per heavy atom. The molecule has 0 saturated carbocycles. The zero-order valence-corrected chi connectivity index (χ0v) is 16.4. The molecule has 1 aromatic carbocycles. The predicted octanol–water partition coefficient (Wildman–Crippen LogP) is 3.55. The predicted molar refractivity (Wildman–Crippen MR) is 103 cm³/mol. The van der Waals surface area contributed by atoms with Crippen LogP contribution in [-0.4, -0.2) is 39.4 Å². The summed E-state index contributed by atoms with van der Waals surface area (Å²) in [6.07, 6.45) is 1.60. The molecule has 3 aromatic rings. The first-order valence-electron chi connectivity index (χ1n) is 9.12. The topological polar surface area (TPSA) is 103 Å². The van der Waals surface area contributed by atoms with Crippen LogP contribution in [0.2, 0.25) is 0 Å². The first kappa shape index (κ1) is 19.0. The molecule has 0 saturated heterocycles. The third kappa shape index (κ3) is 3.68. The Balaban J connectivity index is 1.44. The number of amides is 2. The lowest BCUT2D eigenvalue weighted by molar-refractivity contribution is 0.0459. The molecule has 2 aromatic heterocycles. The number of carbonyl (C=O) groups is 3. The lowest BCUT2D eigenvalue weighted by atomic mass is 10.1. The molecule has 0 unspecified atom stereocenters. The van der Waals surface area contributed by atoms with Crippen molar-refractivity contribution in [1.82, 2.24) is 15.0 Å². The van der Waals surface area contributed by atoms with Gasteiger partial charge in [-0.05, 0) is 36.1 Å². The van der Waals surface area contributed by atoms with Crippen LogP contribution in [0.25, 0.3) is 10.8 Å². The molecule has 3 heterocycles. The van der Waals surface area contributed by atoms with Crippen LogP contribution in [0.3, 0.4) is 0 Å². The van der Waals surface area contributed by atoms with Gasteiger partial charge in [0.25, 0.3) is 17.7 Å². The number of thiophene rings is 1. The Morgan fingerprint density at radius 1 is 1.21 bits per heavy atom. The molecule has 0 atom stereocenters. The van der Waals surface area contributed by atoms with Crippen molar-refractivity contribution in [2.24, 2.45) is 0 Å². The second kappa shape index (κ2) is 7.96. The second-order valence-corrected chi connectivity index (χ2v) is 7.39. The number of imide groups is 1. The Morgan fingerprint density at radius 3 is 2.79 bits per heavy atom. The average molecular weight is 411 g/mol. The maximum absolute atomic E-state index is 12.5. The van der Waals surface area contributed by atoms with Crippen LogP contribution in [0, 0.1) is 0 Å². The van der Waals surface area contributed by atoms with E-state index in [1.165, 1.54) is 34.4 Å². The quantitative estimate of drug-likeness (QED) is 0.433. The molecule has 1 aliphatic heterocycles. The molecule has 0 spiro atoms. The Bertz CT molecular complexity index is 1070. The number of hydrogen-bond acceptors (Lipinski definition) is 8. The average Bonchev–Trinajstić information content (AvgIpc) is 3.46. The van der Waals surface area contributed by atoms with E-state index in [2.05, 4.69) is 10.1 Å². The lowest BCUT2D eigenvalue weighted by Gasteiger charge is -2.12. The van der Waals surface area contributed by atoms with Gasteiger partial charge >= 0.3 is 5.97 Å². The molecule has 0 aliphatic carbocycles. The fourth-order valence-corrected chi connectivity index (χ4v) is 3.61. The van der Waals surface area contributed by atoms with E-state index in [1.54, 1.807) is 0 Å². The summed E-state index contributed by atoms with van der Waals surface area (Å²) < 4.78 is 10.4. The maximum Gasteiger partial charge on any atom is 0.338 e. The molecule has 0 N–H and O–H groups in total. The summed E-state index contributed by atoms with van der Waals surface area (Å²) in [6, 6.07) is 8.08. The summed E-state index contributed by atoms with van der Waals surface area (Å²) in [6.45, 7) is 2.19. The van der Waals surface area contributed by atoms with Crippen molar-refractivity contribution in [2.45, 2.75) is 26.4 Å². The summed E-state index contributed by atoms with van der Waals surface area (Å²) in [5.74, 6) is -0.750.